The van der Waals surface area contributed by atoms with Crippen LogP contribution in [0.3, 0.4) is 0 Å². The Balaban J connectivity index is 2.33. The maximum atomic E-state index is 12.1. The normalized spacial score (nSPS) is 15.7. The second-order valence-electron chi connectivity index (χ2n) is 6.01. The zero-order valence-corrected chi connectivity index (χ0v) is 12.6. The van der Waals surface area contributed by atoms with Crippen LogP contribution in [-0.4, -0.2) is 24.4 Å². The van der Waals surface area contributed by atoms with Crippen molar-refractivity contribution in [1.82, 2.24) is 4.90 Å². The third kappa shape index (κ3) is 2.80. The predicted octanol–water partition coefficient (Wildman–Crippen LogP) is 2.59. The topological polar surface area (TPSA) is 56.1 Å². The second kappa shape index (κ2) is 4.95. The van der Waals surface area contributed by atoms with E-state index in [4.69, 9.17) is 0 Å². The minimum absolute atomic E-state index is 0.0454. The number of nitriles is 1. The molecule has 0 aliphatic carbocycles. The Hall–Kier alpha value is -1.38. The minimum Gasteiger partial charge on any atom is -0.316 e. The predicted molar refractivity (Wildman–Crippen MR) is 77.2 cm³/mol. The lowest BCUT2D eigenvalue weighted by molar-refractivity contribution is -0.123. The number of thiophene rings is 1. The number of rotatable bonds is 1. The van der Waals surface area contributed by atoms with Crippen molar-refractivity contribution < 1.29 is 4.79 Å². The van der Waals surface area contributed by atoms with E-state index < -0.39 is 5.41 Å². The van der Waals surface area contributed by atoms with Crippen LogP contribution in [0.4, 0.5) is 5.00 Å². The highest BCUT2D eigenvalue weighted by atomic mass is 32.1. The van der Waals surface area contributed by atoms with Gasteiger partial charge in [-0.2, -0.15) is 5.26 Å². The average Bonchev–Trinajstić information content (AvgIpc) is 2.63. The number of nitrogens with zero attached hydrogens (tertiary/aromatic N) is 2. The Bertz CT molecular complexity index is 548. The molecule has 0 aromatic carbocycles. The summed E-state index contributed by atoms with van der Waals surface area (Å²) in [6.07, 6.45) is 0.886. The van der Waals surface area contributed by atoms with Crippen LogP contribution in [-0.2, 0) is 17.8 Å². The number of carbonyl (C=O) groups excluding carboxylic acids is 1. The lowest BCUT2D eigenvalue weighted by Crippen LogP contribution is -2.27. The molecule has 1 aliphatic rings. The summed E-state index contributed by atoms with van der Waals surface area (Å²) < 4.78 is 0. The van der Waals surface area contributed by atoms with Crippen LogP contribution in [0.25, 0.3) is 0 Å². The monoisotopic (exact) mass is 277 g/mol. The summed E-state index contributed by atoms with van der Waals surface area (Å²) in [6.45, 7) is 7.44. The SMILES string of the molecule is CN1CCc2c(sc(NC(=O)C(C)(C)C)c2C#N)C1. The minimum atomic E-state index is -0.450. The van der Waals surface area contributed by atoms with E-state index in [0.717, 1.165) is 25.1 Å². The van der Waals surface area contributed by atoms with Gasteiger partial charge >= 0.3 is 0 Å². The van der Waals surface area contributed by atoms with Gasteiger partial charge in [0.1, 0.15) is 11.1 Å². The van der Waals surface area contributed by atoms with Crippen molar-refractivity contribution in [3.05, 3.63) is 16.0 Å². The van der Waals surface area contributed by atoms with Crippen LogP contribution < -0.4 is 5.32 Å². The molecule has 2 rings (SSSR count). The fraction of sp³-hybridized carbons (Fsp3) is 0.571. The maximum Gasteiger partial charge on any atom is 0.230 e. The highest BCUT2D eigenvalue weighted by Gasteiger charge is 2.27. The fourth-order valence-electron chi connectivity index (χ4n) is 2.03. The lowest BCUT2D eigenvalue weighted by atomic mass is 9.95. The molecule has 1 N–H and O–H groups in total. The van der Waals surface area contributed by atoms with Crippen LogP contribution >= 0.6 is 11.3 Å². The molecule has 1 aromatic rings. The smallest absolute Gasteiger partial charge is 0.230 e. The van der Waals surface area contributed by atoms with Crippen molar-refractivity contribution in [1.29, 1.82) is 5.26 Å². The van der Waals surface area contributed by atoms with Gasteiger partial charge in [-0.15, -0.1) is 11.3 Å². The Morgan fingerprint density at radius 2 is 2.16 bits per heavy atom. The number of hydrogen-bond acceptors (Lipinski definition) is 4. The molecule has 0 saturated carbocycles. The van der Waals surface area contributed by atoms with Gasteiger partial charge in [0.25, 0.3) is 0 Å². The number of fused-ring (bicyclic) bond motifs is 1. The summed E-state index contributed by atoms with van der Waals surface area (Å²) in [7, 11) is 2.07. The number of nitrogens with one attached hydrogen (secondary N) is 1. The molecule has 0 radical (unpaired) electrons. The van der Waals surface area contributed by atoms with Crippen LogP contribution in [0.15, 0.2) is 0 Å². The van der Waals surface area contributed by atoms with Gasteiger partial charge in [-0.1, -0.05) is 20.8 Å². The molecular formula is C14H19N3OS. The zero-order valence-electron chi connectivity index (χ0n) is 11.8. The summed E-state index contributed by atoms with van der Waals surface area (Å²) >= 11 is 1.54. The quantitative estimate of drug-likeness (QED) is 0.858. The van der Waals surface area contributed by atoms with Crippen molar-refractivity contribution in [3.63, 3.8) is 0 Å². The summed E-state index contributed by atoms with van der Waals surface area (Å²) in [5.74, 6) is -0.0454. The van der Waals surface area contributed by atoms with Crippen molar-refractivity contribution in [2.24, 2.45) is 5.41 Å². The largest absolute Gasteiger partial charge is 0.316 e. The first-order valence-electron chi connectivity index (χ1n) is 6.37. The molecule has 5 heteroatoms. The van der Waals surface area contributed by atoms with Crippen LogP contribution in [0, 0.1) is 16.7 Å². The van der Waals surface area contributed by atoms with Crippen LogP contribution in [0.1, 0.15) is 36.8 Å². The van der Waals surface area contributed by atoms with Gasteiger partial charge in [-0.3, -0.25) is 4.79 Å². The van der Waals surface area contributed by atoms with E-state index in [1.807, 2.05) is 20.8 Å². The van der Waals surface area contributed by atoms with Crippen molar-refractivity contribution in [2.45, 2.75) is 33.7 Å². The molecular weight excluding hydrogens is 258 g/mol. The molecule has 102 valence electrons. The zero-order chi connectivity index (χ0) is 14.2. The van der Waals surface area contributed by atoms with E-state index in [1.165, 1.54) is 16.2 Å². The number of likely N-dealkylation sites (N-methyl/N-ethyl adjacent to an activating group) is 1. The van der Waals surface area contributed by atoms with E-state index in [-0.39, 0.29) is 5.91 Å². The van der Waals surface area contributed by atoms with Gasteiger partial charge in [-0.25, -0.2) is 0 Å². The fourth-order valence-corrected chi connectivity index (χ4v) is 3.30. The lowest BCUT2D eigenvalue weighted by Gasteiger charge is -2.21. The molecule has 0 bridgehead atoms. The highest BCUT2D eigenvalue weighted by molar-refractivity contribution is 7.16. The maximum absolute atomic E-state index is 12.1. The molecule has 1 amide bonds. The summed E-state index contributed by atoms with van der Waals surface area (Å²) in [6, 6.07) is 2.25. The Kier molecular flexibility index (Phi) is 3.66. The standard InChI is InChI=1S/C14H19N3OS/c1-14(2,3)13(18)16-12-10(7-15)9-5-6-17(4)8-11(9)19-12/h5-6,8H2,1-4H3,(H,16,18). The van der Waals surface area contributed by atoms with E-state index in [1.54, 1.807) is 0 Å². The van der Waals surface area contributed by atoms with Gasteiger partial charge in [0.15, 0.2) is 0 Å². The Morgan fingerprint density at radius 3 is 2.74 bits per heavy atom. The van der Waals surface area contributed by atoms with Gasteiger partial charge < -0.3 is 10.2 Å². The first kappa shape index (κ1) is 14.0. The third-order valence-electron chi connectivity index (χ3n) is 3.27. The molecule has 1 aliphatic heterocycles. The number of anilines is 1. The molecule has 19 heavy (non-hydrogen) atoms. The Labute approximate surface area is 118 Å². The average molecular weight is 277 g/mol. The molecule has 0 saturated heterocycles. The molecule has 0 fully saturated rings. The Morgan fingerprint density at radius 1 is 1.47 bits per heavy atom. The number of carbonyl (C=O) groups is 1. The van der Waals surface area contributed by atoms with E-state index in [9.17, 15) is 10.1 Å². The third-order valence-corrected chi connectivity index (χ3v) is 4.40. The summed E-state index contributed by atoms with van der Waals surface area (Å²) in [4.78, 5) is 15.5. The number of amides is 1. The second-order valence-corrected chi connectivity index (χ2v) is 7.12. The highest BCUT2D eigenvalue weighted by Crippen LogP contribution is 2.36. The van der Waals surface area contributed by atoms with Gasteiger partial charge in [0.05, 0.1) is 5.56 Å². The van der Waals surface area contributed by atoms with Crippen LogP contribution in [0.2, 0.25) is 0 Å². The molecule has 4 nitrogen and oxygen atoms in total. The van der Waals surface area contributed by atoms with E-state index in [0.29, 0.717) is 10.6 Å². The molecule has 2 heterocycles. The van der Waals surface area contributed by atoms with Gasteiger partial charge in [0.2, 0.25) is 5.91 Å². The molecule has 0 unspecified atom stereocenters. The van der Waals surface area contributed by atoms with E-state index in [2.05, 4.69) is 23.3 Å². The van der Waals surface area contributed by atoms with E-state index >= 15 is 0 Å². The molecule has 1 aromatic heterocycles. The van der Waals surface area contributed by atoms with Crippen molar-refractivity contribution in [3.8, 4) is 6.07 Å². The molecule has 0 spiro atoms. The summed E-state index contributed by atoms with van der Waals surface area (Å²) in [5.41, 5.74) is 1.33. The van der Waals surface area contributed by atoms with Crippen molar-refractivity contribution >= 4 is 22.2 Å². The first-order valence-corrected chi connectivity index (χ1v) is 7.19. The van der Waals surface area contributed by atoms with Crippen LogP contribution in [0.5, 0.6) is 0 Å². The first-order chi connectivity index (χ1) is 8.82. The summed E-state index contributed by atoms with van der Waals surface area (Å²) in [5, 5.41) is 13.0. The number of hydrogen-bond donors (Lipinski definition) is 1. The van der Waals surface area contributed by atoms with Crippen molar-refractivity contribution in [2.75, 3.05) is 18.9 Å². The molecule has 0 atom stereocenters. The van der Waals surface area contributed by atoms with Gasteiger partial charge in [-0.05, 0) is 19.0 Å². The van der Waals surface area contributed by atoms with Gasteiger partial charge in [0, 0.05) is 23.4 Å².